The summed E-state index contributed by atoms with van der Waals surface area (Å²) in [6.45, 7) is 1.82. The van der Waals surface area contributed by atoms with Crippen LogP contribution in [0.5, 0.6) is 5.75 Å². The van der Waals surface area contributed by atoms with Crippen LogP contribution >= 0.6 is 15.9 Å². The van der Waals surface area contributed by atoms with Gasteiger partial charge >= 0.3 is 0 Å². The molecule has 1 atom stereocenters. The van der Waals surface area contributed by atoms with Crippen molar-refractivity contribution in [1.82, 2.24) is 0 Å². The van der Waals surface area contributed by atoms with E-state index in [-0.39, 0.29) is 5.91 Å². The van der Waals surface area contributed by atoms with Crippen LogP contribution in [0.1, 0.15) is 13.3 Å². The number of hydrogen-bond acceptors (Lipinski definition) is 3. The Morgan fingerprint density at radius 3 is 2.78 bits per heavy atom. The van der Waals surface area contributed by atoms with Gasteiger partial charge in [-0.2, -0.15) is 5.26 Å². The molecule has 0 fully saturated rings. The lowest BCUT2D eigenvalue weighted by molar-refractivity contribution is -0.120. The zero-order valence-corrected chi connectivity index (χ0v) is 12.2. The van der Waals surface area contributed by atoms with Gasteiger partial charge in [-0.15, -0.1) is 0 Å². The molecule has 1 amide bonds. The maximum atomic E-state index is 12.1. The minimum atomic E-state index is -0.626. The van der Waals surface area contributed by atoms with Gasteiger partial charge in [0.05, 0.1) is 18.9 Å². The molecule has 0 spiro atoms. The molecule has 5 heteroatoms. The monoisotopic (exact) mass is 310 g/mol. The Morgan fingerprint density at radius 2 is 2.28 bits per heavy atom. The minimum absolute atomic E-state index is 0.226. The molecule has 1 aromatic carbocycles. The van der Waals surface area contributed by atoms with E-state index in [9.17, 15) is 4.79 Å². The van der Waals surface area contributed by atoms with Crippen LogP contribution in [0.4, 0.5) is 5.69 Å². The van der Waals surface area contributed by atoms with E-state index in [2.05, 4.69) is 15.9 Å². The highest BCUT2D eigenvalue weighted by Gasteiger charge is 2.23. The maximum absolute atomic E-state index is 12.1. The number of benzene rings is 1. The fraction of sp³-hybridized carbons (Fsp3) is 0.385. The first-order valence-corrected chi connectivity index (χ1v) is 6.35. The van der Waals surface area contributed by atoms with Gasteiger partial charge in [0.15, 0.2) is 0 Å². The van der Waals surface area contributed by atoms with E-state index >= 15 is 0 Å². The maximum Gasteiger partial charge on any atom is 0.244 e. The zero-order valence-electron chi connectivity index (χ0n) is 10.6. The van der Waals surface area contributed by atoms with Gasteiger partial charge in [0.1, 0.15) is 11.7 Å². The lowest BCUT2D eigenvalue weighted by Crippen LogP contribution is -2.32. The van der Waals surface area contributed by atoms with Crippen molar-refractivity contribution < 1.29 is 9.53 Å². The first-order valence-electron chi connectivity index (χ1n) is 5.55. The normalized spacial score (nSPS) is 11.5. The second-order valence-electron chi connectivity index (χ2n) is 3.80. The summed E-state index contributed by atoms with van der Waals surface area (Å²) in [5, 5.41) is 8.94. The number of carbonyl (C=O) groups excluding carboxylic acids is 1. The predicted octanol–water partition coefficient (Wildman–Crippen LogP) is 2.97. The summed E-state index contributed by atoms with van der Waals surface area (Å²) in [7, 11) is 3.19. The highest BCUT2D eigenvalue weighted by molar-refractivity contribution is 9.10. The number of ether oxygens (including phenoxy) is 1. The summed E-state index contributed by atoms with van der Waals surface area (Å²) in [5.41, 5.74) is 0.644. The van der Waals surface area contributed by atoms with Gasteiger partial charge in [-0.1, -0.05) is 22.9 Å². The molecule has 0 saturated heterocycles. The third kappa shape index (κ3) is 3.02. The van der Waals surface area contributed by atoms with Crippen molar-refractivity contribution in [2.24, 2.45) is 5.92 Å². The lowest BCUT2D eigenvalue weighted by Gasteiger charge is -2.22. The summed E-state index contributed by atoms with van der Waals surface area (Å²) in [6, 6.07) is 7.41. The summed E-state index contributed by atoms with van der Waals surface area (Å²) >= 11 is 3.36. The minimum Gasteiger partial charge on any atom is -0.495 e. The van der Waals surface area contributed by atoms with Crippen LogP contribution in [0, 0.1) is 17.2 Å². The Morgan fingerprint density at radius 1 is 1.61 bits per heavy atom. The van der Waals surface area contributed by atoms with Crippen LogP contribution in [0.25, 0.3) is 0 Å². The van der Waals surface area contributed by atoms with Crippen LogP contribution in [-0.2, 0) is 4.79 Å². The van der Waals surface area contributed by atoms with E-state index < -0.39 is 5.92 Å². The van der Waals surface area contributed by atoms with Gasteiger partial charge in [-0.25, -0.2) is 0 Å². The number of methoxy groups -OCH3 is 1. The van der Waals surface area contributed by atoms with E-state index in [0.29, 0.717) is 17.9 Å². The van der Waals surface area contributed by atoms with Crippen LogP contribution in [0.15, 0.2) is 22.7 Å². The Balaban J connectivity index is 3.10. The van der Waals surface area contributed by atoms with Gasteiger partial charge in [-0.05, 0) is 24.6 Å². The fourth-order valence-electron chi connectivity index (χ4n) is 1.60. The number of nitrogens with zero attached hydrogens (tertiary/aromatic N) is 2. The molecule has 18 heavy (non-hydrogen) atoms. The standard InChI is InChI=1S/C13H15BrN2O2/c1-4-9(8-15)13(17)16(2)11-7-10(14)5-6-12(11)18-3/h5-7,9H,4H2,1-3H3. The third-order valence-corrected chi connectivity index (χ3v) is 3.19. The van der Waals surface area contributed by atoms with Crippen molar-refractivity contribution >= 4 is 27.5 Å². The smallest absolute Gasteiger partial charge is 0.244 e. The molecule has 0 N–H and O–H groups in total. The van der Waals surface area contributed by atoms with Crippen LogP contribution in [-0.4, -0.2) is 20.1 Å². The van der Waals surface area contributed by atoms with Gasteiger partial charge < -0.3 is 9.64 Å². The van der Waals surface area contributed by atoms with Crippen molar-refractivity contribution in [1.29, 1.82) is 5.26 Å². The Bertz CT molecular complexity index is 482. The van der Waals surface area contributed by atoms with Crippen molar-refractivity contribution in [3.05, 3.63) is 22.7 Å². The number of halogens is 1. The Hall–Kier alpha value is -1.54. The van der Waals surface area contributed by atoms with Crippen molar-refractivity contribution in [3.63, 3.8) is 0 Å². The van der Waals surface area contributed by atoms with Crippen molar-refractivity contribution in [2.45, 2.75) is 13.3 Å². The van der Waals surface area contributed by atoms with Crippen molar-refractivity contribution in [3.8, 4) is 11.8 Å². The van der Waals surface area contributed by atoms with Crippen LogP contribution in [0.3, 0.4) is 0 Å². The average Bonchev–Trinajstić information content (AvgIpc) is 2.39. The SMILES string of the molecule is CCC(C#N)C(=O)N(C)c1cc(Br)ccc1OC. The molecule has 1 aromatic rings. The number of carbonyl (C=O) groups is 1. The highest BCUT2D eigenvalue weighted by Crippen LogP contribution is 2.31. The molecular formula is C13H15BrN2O2. The number of hydrogen-bond donors (Lipinski definition) is 0. The predicted molar refractivity (Wildman–Crippen MR) is 73.5 cm³/mol. The van der Waals surface area contributed by atoms with Gasteiger partial charge in [-0.3, -0.25) is 4.79 Å². The molecular weight excluding hydrogens is 296 g/mol. The van der Waals surface area contributed by atoms with Crippen molar-refractivity contribution in [2.75, 3.05) is 19.1 Å². The average molecular weight is 311 g/mol. The summed E-state index contributed by atoms with van der Waals surface area (Å²) in [4.78, 5) is 13.6. The second-order valence-corrected chi connectivity index (χ2v) is 4.72. The largest absolute Gasteiger partial charge is 0.495 e. The molecule has 0 aliphatic heterocycles. The molecule has 1 unspecified atom stereocenters. The molecule has 1 rings (SSSR count). The highest BCUT2D eigenvalue weighted by atomic mass is 79.9. The lowest BCUT2D eigenvalue weighted by atomic mass is 10.1. The molecule has 0 radical (unpaired) electrons. The zero-order chi connectivity index (χ0) is 13.7. The fourth-order valence-corrected chi connectivity index (χ4v) is 1.95. The summed E-state index contributed by atoms with van der Waals surface area (Å²) < 4.78 is 6.07. The van der Waals surface area contributed by atoms with E-state index in [0.717, 1.165) is 4.47 Å². The number of amides is 1. The van der Waals surface area contributed by atoms with E-state index in [1.807, 2.05) is 19.1 Å². The summed E-state index contributed by atoms with van der Waals surface area (Å²) in [6.07, 6.45) is 0.496. The molecule has 96 valence electrons. The number of anilines is 1. The first kappa shape index (κ1) is 14.5. The molecule has 0 saturated carbocycles. The van der Waals surface area contributed by atoms with Crippen LogP contribution in [0.2, 0.25) is 0 Å². The topological polar surface area (TPSA) is 53.3 Å². The van der Waals surface area contributed by atoms with Gasteiger partial charge in [0.2, 0.25) is 5.91 Å². The second kappa shape index (κ2) is 6.41. The van der Waals surface area contributed by atoms with E-state index in [4.69, 9.17) is 10.00 Å². The molecule has 0 heterocycles. The first-order chi connectivity index (χ1) is 8.54. The molecule has 0 aliphatic carbocycles. The molecule has 4 nitrogen and oxygen atoms in total. The van der Waals surface area contributed by atoms with E-state index in [1.54, 1.807) is 26.3 Å². The van der Waals surface area contributed by atoms with Gasteiger partial charge in [0, 0.05) is 11.5 Å². The van der Waals surface area contributed by atoms with Gasteiger partial charge in [0.25, 0.3) is 0 Å². The summed E-state index contributed by atoms with van der Waals surface area (Å²) in [5.74, 6) is -0.253. The quantitative estimate of drug-likeness (QED) is 0.859. The molecule has 0 bridgehead atoms. The Labute approximate surface area is 115 Å². The third-order valence-electron chi connectivity index (χ3n) is 2.70. The molecule has 0 aliphatic rings. The number of nitriles is 1. The van der Waals surface area contributed by atoms with Crippen LogP contribution < -0.4 is 9.64 Å². The number of rotatable bonds is 4. The van der Waals surface area contributed by atoms with E-state index in [1.165, 1.54) is 4.90 Å². The Kier molecular flexibility index (Phi) is 5.17. The molecule has 0 aromatic heterocycles.